The average Bonchev–Trinajstić information content (AvgIpc) is 2.36. The number of carbonyl (C=O) groups is 1. The van der Waals surface area contributed by atoms with Crippen LogP contribution in [-0.2, 0) is 10.5 Å². The number of thioether (sulfide) groups is 1. The summed E-state index contributed by atoms with van der Waals surface area (Å²) in [6, 6.07) is 5.40. The van der Waals surface area contributed by atoms with Crippen LogP contribution in [0.5, 0.6) is 0 Å². The van der Waals surface area contributed by atoms with E-state index in [4.69, 9.17) is 15.6 Å². The predicted octanol–water partition coefficient (Wildman–Crippen LogP) is 2.06. The first-order chi connectivity index (χ1) is 8.60. The van der Waals surface area contributed by atoms with Crippen LogP contribution in [0.1, 0.15) is 29.3 Å². The summed E-state index contributed by atoms with van der Waals surface area (Å²) in [7, 11) is 1.35. The highest BCUT2D eigenvalue weighted by Gasteiger charge is 2.15. The minimum Gasteiger partial charge on any atom is -0.465 e. The molecule has 0 aliphatic rings. The first-order valence-corrected chi connectivity index (χ1v) is 6.83. The summed E-state index contributed by atoms with van der Waals surface area (Å²) in [5, 5.41) is 9.19. The summed E-state index contributed by atoms with van der Waals surface area (Å²) >= 11 is 1.68. The van der Waals surface area contributed by atoms with Gasteiger partial charge in [0.2, 0.25) is 0 Å². The average molecular weight is 269 g/mol. The lowest BCUT2D eigenvalue weighted by atomic mass is 10.1. The second-order valence-electron chi connectivity index (χ2n) is 4.01. The molecule has 1 aromatic rings. The van der Waals surface area contributed by atoms with E-state index < -0.39 is 5.97 Å². The minimum atomic E-state index is -0.404. The fourth-order valence-electron chi connectivity index (χ4n) is 1.59. The van der Waals surface area contributed by atoms with Crippen molar-refractivity contribution in [3.63, 3.8) is 0 Å². The van der Waals surface area contributed by atoms with Crippen molar-refractivity contribution >= 4 is 23.4 Å². The van der Waals surface area contributed by atoms with E-state index in [1.165, 1.54) is 7.11 Å². The molecule has 0 amide bonds. The number of hydrogen-bond acceptors (Lipinski definition) is 5. The Morgan fingerprint density at radius 1 is 1.56 bits per heavy atom. The number of anilines is 1. The number of hydrogen-bond donors (Lipinski definition) is 2. The van der Waals surface area contributed by atoms with Crippen LogP contribution >= 0.6 is 11.8 Å². The molecule has 0 saturated heterocycles. The fraction of sp³-hybridized carbons (Fsp3) is 0.462. The highest BCUT2D eigenvalue weighted by atomic mass is 32.2. The molecule has 0 bridgehead atoms. The maximum atomic E-state index is 11.7. The van der Waals surface area contributed by atoms with Crippen LogP contribution in [0.4, 0.5) is 5.69 Å². The van der Waals surface area contributed by atoms with E-state index in [1.807, 2.05) is 19.1 Å². The maximum absolute atomic E-state index is 11.7. The molecule has 1 aromatic carbocycles. The van der Waals surface area contributed by atoms with Crippen molar-refractivity contribution in [1.82, 2.24) is 0 Å². The van der Waals surface area contributed by atoms with E-state index in [0.29, 0.717) is 22.3 Å². The van der Waals surface area contributed by atoms with Crippen molar-refractivity contribution in [2.45, 2.75) is 24.3 Å². The van der Waals surface area contributed by atoms with Crippen molar-refractivity contribution in [1.29, 1.82) is 0 Å². The van der Waals surface area contributed by atoms with Crippen LogP contribution in [0.25, 0.3) is 0 Å². The fourth-order valence-corrected chi connectivity index (χ4v) is 2.57. The Morgan fingerprint density at radius 3 is 2.89 bits per heavy atom. The van der Waals surface area contributed by atoms with Crippen LogP contribution in [0.3, 0.4) is 0 Å². The van der Waals surface area contributed by atoms with Gasteiger partial charge in [0.15, 0.2) is 0 Å². The molecule has 0 radical (unpaired) electrons. The summed E-state index contributed by atoms with van der Waals surface area (Å²) in [6.07, 6.45) is 0.737. The van der Waals surface area contributed by atoms with E-state index in [-0.39, 0.29) is 6.61 Å². The number of methoxy groups -OCH3 is 1. The largest absolute Gasteiger partial charge is 0.465 e. The van der Waals surface area contributed by atoms with E-state index in [1.54, 1.807) is 17.8 Å². The molecule has 18 heavy (non-hydrogen) atoms. The van der Waals surface area contributed by atoms with Gasteiger partial charge >= 0.3 is 5.97 Å². The zero-order valence-electron chi connectivity index (χ0n) is 10.7. The number of carbonyl (C=O) groups excluding carboxylic acids is 1. The molecule has 0 heterocycles. The Balaban J connectivity index is 2.82. The first kappa shape index (κ1) is 14.9. The van der Waals surface area contributed by atoms with Crippen LogP contribution < -0.4 is 5.73 Å². The molecule has 4 nitrogen and oxygen atoms in total. The molecule has 0 aromatic heterocycles. The number of esters is 1. The van der Waals surface area contributed by atoms with Gasteiger partial charge in [0.25, 0.3) is 0 Å². The molecule has 0 aliphatic heterocycles. The van der Waals surface area contributed by atoms with Gasteiger partial charge in [-0.15, -0.1) is 0 Å². The Kier molecular flexibility index (Phi) is 6.01. The molecule has 5 heteroatoms. The summed E-state index contributed by atoms with van der Waals surface area (Å²) < 4.78 is 4.74. The number of benzene rings is 1. The number of nitrogens with two attached hydrogens (primary N) is 1. The smallest absolute Gasteiger partial charge is 0.340 e. The molecule has 3 N–H and O–H groups in total. The topological polar surface area (TPSA) is 72.5 Å². The third-order valence-electron chi connectivity index (χ3n) is 2.63. The van der Waals surface area contributed by atoms with Gasteiger partial charge in [-0.25, -0.2) is 4.79 Å². The lowest BCUT2D eigenvalue weighted by molar-refractivity contribution is 0.0601. The van der Waals surface area contributed by atoms with Crippen molar-refractivity contribution in [2.75, 3.05) is 19.5 Å². The van der Waals surface area contributed by atoms with Crippen molar-refractivity contribution in [2.24, 2.45) is 0 Å². The van der Waals surface area contributed by atoms with Crippen molar-refractivity contribution in [3.8, 4) is 0 Å². The molecular weight excluding hydrogens is 250 g/mol. The number of rotatable bonds is 6. The molecular formula is C13H19NO3S. The molecule has 1 atom stereocenters. The standard InChI is InChI=1S/C13H19NO3S/c1-9(6-7-15)18-8-10-4-3-5-11(14)12(10)13(16)17-2/h3-5,9,15H,6-8,14H2,1-2H3. The van der Waals surface area contributed by atoms with Crippen LogP contribution in [-0.4, -0.2) is 30.0 Å². The van der Waals surface area contributed by atoms with Gasteiger partial charge in [-0.2, -0.15) is 11.8 Å². The SMILES string of the molecule is COC(=O)c1c(N)cccc1CSC(C)CCO. The van der Waals surface area contributed by atoms with E-state index >= 15 is 0 Å². The van der Waals surface area contributed by atoms with Gasteiger partial charge < -0.3 is 15.6 Å². The molecule has 1 rings (SSSR count). The van der Waals surface area contributed by atoms with E-state index in [9.17, 15) is 4.79 Å². The van der Waals surface area contributed by atoms with Crippen LogP contribution in [0.15, 0.2) is 18.2 Å². The van der Waals surface area contributed by atoms with Gasteiger partial charge in [-0.3, -0.25) is 0 Å². The number of aliphatic hydroxyl groups is 1. The van der Waals surface area contributed by atoms with Crippen LogP contribution in [0.2, 0.25) is 0 Å². The van der Waals surface area contributed by atoms with Gasteiger partial charge in [0.1, 0.15) is 0 Å². The predicted molar refractivity (Wildman–Crippen MR) is 74.7 cm³/mol. The van der Waals surface area contributed by atoms with E-state index in [2.05, 4.69) is 0 Å². The quantitative estimate of drug-likeness (QED) is 0.611. The lowest BCUT2D eigenvalue weighted by Crippen LogP contribution is -2.10. The first-order valence-electron chi connectivity index (χ1n) is 5.78. The van der Waals surface area contributed by atoms with Gasteiger partial charge in [-0.1, -0.05) is 19.1 Å². The van der Waals surface area contributed by atoms with Crippen molar-refractivity contribution in [3.05, 3.63) is 29.3 Å². The molecule has 1 unspecified atom stereocenters. The molecule has 0 saturated carbocycles. The summed E-state index contributed by atoms with van der Waals surface area (Å²) in [5.41, 5.74) is 7.57. The van der Waals surface area contributed by atoms with Gasteiger partial charge in [0.05, 0.1) is 12.7 Å². The highest BCUT2D eigenvalue weighted by molar-refractivity contribution is 7.99. The number of aliphatic hydroxyl groups excluding tert-OH is 1. The van der Waals surface area contributed by atoms with Gasteiger partial charge in [-0.05, 0) is 18.1 Å². The highest BCUT2D eigenvalue weighted by Crippen LogP contribution is 2.25. The minimum absolute atomic E-state index is 0.176. The third kappa shape index (κ3) is 3.92. The Hall–Kier alpha value is -1.20. The van der Waals surface area contributed by atoms with Crippen molar-refractivity contribution < 1.29 is 14.6 Å². The Labute approximate surface area is 112 Å². The lowest BCUT2D eigenvalue weighted by Gasteiger charge is -2.13. The summed E-state index contributed by atoms with van der Waals surface area (Å²) in [5.74, 6) is 0.273. The molecule has 0 aliphatic carbocycles. The Bertz CT molecular complexity index is 409. The zero-order valence-corrected chi connectivity index (χ0v) is 11.5. The number of ether oxygens (including phenoxy) is 1. The normalized spacial score (nSPS) is 12.2. The monoisotopic (exact) mass is 269 g/mol. The molecule has 0 spiro atoms. The summed E-state index contributed by atoms with van der Waals surface area (Å²) in [4.78, 5) is 11.7. The second kappa shape index (κ2) is 7.28. The van der Waals surface area contributed by atoms with Crippen LogP contribution in [0, 0.1) is 0 Å². The Morgan fingerprint density at radius 2 is 2.28 bits per heavy atom. The van der Waals surface area contributed by atoms with Gasteiger partial charge in [0, 0.05) is 23.3 Å². The second-order valence-corrected chi connectivity index (χ2v) is 5.43. The summed E-state index contributed by atoms with van der Waals surface area (Å²) in [6.45, 7) is 2.22. The number of nitrogen functional groups attached to an aromatic ring is 1. The molecule has 0 fully saturated rings. The maximum Gasteiger partial charge on any atom is 0.340 e. The zero-order chi connectivity index (χ0) is 13.5. The third-order valence-corrected chi connectivity index (χ3v) is 3.91. The van der Waals surface area contributed by atoms with E-state index in [0.717, 1.165) is 12.0 Å². The molecule has 100 valence electrons.